The maximum Gasteiger partial charge on any atom is 0.142 e. The van der Waals surface area contributed by atoms with E-state index in [1.807, 2.05) is 6.07 Å². The van der Waals surface area contributed by atoms with Crippen molar-refractivity contribution >= 4 is 40.5 Å². The smallest absolute Gasteiger partial charge is 0.142 e. The normalized spacial score (nSPS) is 10.3. The standard InChI is InChI=1S/C14H12Cl3NO/c1-19-14-6-5-9(15)7-13(14)18-8-10-11(16)3-2-4-12(10)17/h2-7,18H,8H2,1H3. The number of hydrogen-bond acceptors (Lipinski definition) is 2. The van der Waals surface area contributed by atoms with E-state index in [1.165, 1.54) is 0 Å². The molecule has 100 valence electrons. The first kappa shape index (κ1) is 14.3. The fourth-order valence-electron chi connectivity index (χ4n) is 1.70. The zero-order valence-corrected chi connectivity index (χ0v) is 12.5. The van der Waals surface area contributed by atoms with Crippen molar-refractivity contribution in [1.29, 1.82) is 0 Å². The molecule has 0 aliphatic heterocycles. The number of nitrogens with one attached hydrogen (secondary N) is 1. The van der Waals surface area contributed by atoms with Crippen LogP contribution in [-0.4, -0.2) is 7.11 Å². The highest BCUT2D eigenvalue weighted by Crippen LogP contribution is 2.30. The highest BCUT2D eigenvalue weighted by atomic mass is 35.5. The molecule has 0 heterocycles. The lowest BCUT2D eigenvalue weighted by Gasteiger charge is -2.13. The highest BCUT2D eigenvalue weighted by Gasteiger charge is 2.08. The van der Waals surface area contributed by atoms with Gasteiger partial charge >= 0.3 is 0 Å². The average molecular weight is 317 g/mol. The molecule has 2 nitrogen and oxygen atoms in total. The largest absolute Gasteiger partial charge is 0.495 e. The van der Waals surface area contributed by atoms with E-state index in [0.29, 0.717) is 27.4 Å². The van der Waals surface area contributed by atoms with Crippen molar-refractivity contribution in [3.05, 3.63) is 57.0 Å². The highest BCUT2D eigenvalue weighted by molar-refractivity contribution is 6.36. The molecule has 5 heteroatoms. The number of methoxy groups -OCH3 is 1. The second kappa shape index (κ2) is 6.38. The van der Waals surface area contributed by atoms with Crippen LogP contribution in [0.5, 0.6) is 5.75 Å². The minimum atomic E-state index is 0.495. The van der Waals surface area contributed by atoms with Crippen molar-refractivity contribution in [2.45, 2.75) is 6.54 Å². The molecule has 0 radical (unpaired) electrons. The Labute approximate surface area is 127 Å². The summed E-state index contributed by atoms with van der Waals surface area (Å²) in [6.07, 6.45) is 0. The van der Waals surface area contributed by atoms with E-state index >= 15 is 0 Å². The van der Waals surface area contributed by atoms with E-state index in [0.717, 1.165) is 11.3 Å². The van der Waals surface area contributed by atoms with E-state index < -0.39 is 0 Å². The van der Waals surface area contributed by atoms with Crippen LogP contribution in [0.4, 0.5) is 5.69 Å². The molecule has 2 aromatic rings. The predicted molar refractivity (Wildman–Crippen MR) is 81.8 cm³/mol. The molecule has 0 atom stereocenters. The number of hydrogen-bond donors (Lipinski definition) is 1. The van der Waals surface area contributed by atoms with Gasteiger partial charge in [0.2, 0.25) is 0 Å². The van der Waals surface area contributed by atoms with Gasteiger partial charge in [0.05, 0.1) is 12.8 Å². The summed E-state index contributed by atoms with van der Waals surface area (Å²) in [4.78, 5) is 0. The first-order valence-electron chi connectivity index (χ1n) is 5.62. The topological polar surface area (TPSA) is 21.3 Å². The Kier molecular flexibility index (Phi) is 4.81. The van der Waals surface area contributed by atoms with Crippen LogP contribution >= 0.6 is 34.8 Å². The molecule has 0 spiro atoms. The van der Waals surface area contributed by atoms with Gasteiger partial charge in [0.1, 0.15) is 5.75 Å². The van der Waals surface area contributed by atoms with Gasteiger partial charge in [-0.3, -0.25) is 0 Å². The molecule has 19 heavy (non-hydrogen) atoms. The molecular weight excluding hydrogens is 305 g/mol. The van der Waals surface area contributed by atoms with Crippen LogP contribution in [0.3, 0.4) is 0 Å². The van der Waals surface area contributed by atoms with Crippen LogP contribution < -0.4 is 10.1 Å². The second-order valence-corrected chi connectivity index (χ2v) is 5.15. The Morgan fingerprint density at radius 3 is 2.37 bits per heavy atom. The Hall–Kier alpha value is -1.09. The maximum absolute atomic E-state index is 6.12. The van der Waals surface area contributed by atoms with Crippen molar-refractivity contribution < 1.29 is 4.74 Å². The molecule has 0 fully saturated rings. The summed E-state index contributed by atoms with van der Waals surface area (Å²) >= 11 is 18.2. The summed E-state index contributed by atoms with van der Waals surface area (Å²) in [5.74, 6) is 0.715. The van der Waals surface area contributed by atoms with Crippen LogP contribution in [0, 0.1) is 0 Å². The van der Waals surface area contributed by atoms with Crippen LogP contribution in [0.2, 0.25) is 15.1 Å². The average Bonchev–Trinajstić information content (AvgIpc) is 2.38. The predicted octanol–water partition coefficient (Wildman–Crippen LogP) is 5.27. The Morgan fingerprint density at radius 1 is 1.05 bits per heavy atom. The second-order valence-electron chi connectivity index (χ2n) is 3.90. The Balaban J connectivity index is 2.21. The van der Waals surface area contributed by atoms with Gasteiger partial charge in [-0.15, -0.1) is 0 Å². The number of anilines is 1. The third kappa shape index (κ3) is 3.47. The SMILES string of the molecule is COc1ccc(Cl)cc1NCc1c(Cl)cccc1Cl. The zero-order chi connectivity index (χ0) is 13.8. The van der Waals surface area contributed by atoms with E-state index in [2.05, 4.69) is 5.32 Å². The van der Waals surface area contributed by atoms with Crippen LogP contribution in [0.25, 0.3) is 0 Å². The summed E-state index contributed by atoms with van der Waals surface area (Å²) in [6.45, 7) is 0.495. The molecular formula is C14H12Cl3NO. The lowest BCUT2D eigenvalue weighted by molar-refractivity contribution is 0.416. The van der Waals surface area contributed by atoms with Crippen molar-refractivity contribution in [2.75, 3.05) is 12.4 Å². The molecule has 0 saturated carbocycles. The number of ether oxygens (including phenoxy) is 1. The molecule has 2 aromatic carbocycles. The third-order valence-electron chi connectivity index (χ3n) is 2.68. The van der Waals surface area contributed by atoms with Crippen molar-refractivity contribution in [1.82, 2.24) is 0 Å². The summed E-state index contributed by atoms with van der Waals surface area (Å²) < 4.78 is 5.26. The van der Waals surface area contributed by atoms with Crippen molar-refractivity contribution in [2.24, 2.45) is 0 Å². The zero-order valence-electron chi connectivity index (χ0n) is 10.2. The molecule has 0 aromatic heterocycles. The fraction of sp³-hybridized carbons (Fsp3) is 0.143. The van der Waals surface area contributed by atoms with Gasteiger partial charge in [-0.05, 0) is 30.3 Å². The summed E-state index contributed by atoms with van der Waals surface area (Å²) in [7, 11) is 1.61. The maximum atomic E-state index is 6.12. The first-order valence-corrected chi connectivity index (χ1v) is 6.75. The molecule has 2 rings (SSSR count). The lowest BCUT2D eigenvalue weighted by atomic mass is 10.2. The molecule has 0 aliphatic carbocycles. The monoisotopic (exact) mass is 315 g/mol. The van der Waals surface area contributed by atoms with E-state index in [1.54, 1.807) is 37.4 Å². The molecule has 1 N–H and O–H groups in total. The van der Waals surface area contributed by atoms with E-state index in [9.17, 15) is 0 Å². The molecule has 0 aliphatic rings. The van der Waals surface area contributed by atoms with Crippen molar-refractivity contribution in [3.63, 3.8) is 0 Å². The Bertz CT molecular complexity index is 567. The third-order valence-corrected chi connectivity index (χ3v) is 3.62. The van der Waals surface area contributed by atoms with Gasteiger partial charge in [-0.2, -0.15) is 0 Å². The van der Waals surface area contributed by atoms with Gasteiger partial charge in [0, 0.05) is 27.2 Å². The van der Waals surface area contributed by atoms with Crippen molar-refractivity contribution in [3.8, 4) is 5.75 Å². The molecule has 0 bridgehead atoms. The summed E-state index contributed by atoms with van der Waals surface area (Å²) in [5, 5.41) is 5.11. The van der Waals surface area contributed by atoms with Gasteiger partial charge in [0.25, 0.3) is 0 Å². The molecule has 0 unspecified atom stereocenters. The summed E-state index contributed by atoms with van der Waals surface area (Å²) in [6, 6.07) is 10.8. The van der Waals surface area contributed by atoms with Crippen LogP contribution in [0.15, 0.2) is 36.4 Å². The first-order chi connectivity index (χ1) is 9.11. The number of benzene rings is 2. The van der Waals surface area contributed by atoms with E-state index in [4.69, 9.17) is 39.5 Å². The number of halogens is 3. The minimum Gasteiger partial charge on any atom is -0.495 e. The minimum absolute atomic E-state index is 0.495. The quantitative estimate of drug-likeness (QED) is 0.830. The molecule has 0 saturated heterocycles. The van der Waals surface area contributed by atoms with Gasteiger partial charge in [-0.25, -0.2) is 0 Å². The van der Waals surface area contributed by atoms with Gasteiger partial charge < -0.3 is 10.1 Å². The number of rotatable bonds is 4. The van der Waals surface area contributed by atoms with Crippen LogP contribution in [-0.2, 0) is 6.54 Å². The summed E-state index contributed by atoms with van der Waals surface area (Å²) in [5.41, 5.74) is 1.64. The fourth-order valence-corrected chi connectivity index (χ4v) is 2.41. The molecule has 0 amide bonds. The van der Waals surface area contributed by atoms with Gasteiger partial charge in [0.15, 0.2) is 0 Å². The van der Waals surface area contributed by atoms with Gasteiger partial charge in [-0.1, -0.05) is 40.9 Å². The van der Waals surface area contributed by atoms with E-state index in [-0.39, 0.29) is 0 Å². The van der Waals surface area contributed by atoms with Crippen LogP contribution in [0.1, 0.15) is 5.56 Å². The Morgan fingerprint density at radius 2 is 1.74 bits per heavy atom. The lowest BCUT2D eigenvalue weighted by Crippen LogP contribution is -2.02.